The minimum absolute atomic E-state index is 0.606. The third-order valence-electron chi connectivity index (χ3n) is 14.0. The molecule has 14 rings (SSSR count). The van der Waals surface area contributed by atoms with E-state index >= 15 is 0 Å². The summed E-state index contributed by atoms with van der Waals surface area (Å²) in [5.41, 5.74) is 10.5. The molecule has 12 aromatic carbocycles. The van der Waals surface area contributed by atoms with Crippen LogP contribution < -0.4 is 0 Å². The lowest BCUT2D eigenvalue weighted by Crippen LogP contribution is -2.06. The molecular weight excluding hydrogens is 837 g/mol. The fourth-order valence-electron chi connectivity index (χ4n) is 10.9. The van der Waals surface area contributed by atoms with Gasteiger partial charge in [-0.2, -0.15) is 0 Å². The lowest BCUT2D eigenvalue weighted by molar-refractivity contribution is 1.08. The molecule has 0 aliphatic heterocycles. The molecule has 0 atom stereocenters. The Bertz CT molecular complexity index is 4360. The van der Waals surface area contributed by atoms with Gasteiger partial charge in [0.2, 0.25) is 0 Å². The van der Waals surface area contributed by atoms with Crippen molar-refractivity contribution in [1.29, 1.82) is 0 Å². The predicted octanol–water partition coefficient (Wildman–Crippen LogP) is 17.1. The van der Waals surface area contributed by atoms with Gasteiger partial charge in [-0.3, -0.25) is 0 Å². The summed E-state index contributed by atoms with van der Waals surface area (Å²) in [5, 5.41) is 13.9. The van der Waals surface area contributed by atoms with Crippen molar-refractivity contribution < 1.29 is 0 Å². The maximum absolute atomic E-state index is 5.61. The van der Waals surface area contributed by atoms with Gasteiger partial charge in [0.25, 0.3) is 0 Å². The van der Waals surface area contributed by atoms with Gasteiger partial charge in [0.1, 0.15) is 0 Å². The van der Waals surface area contributed by atoms with Crippen LogP contribution in [0.25, 0.3) is 138 Å². The zero-order valence-electron chi connectivity index (χ0n) is 37.4. The van der Waals surface area contributed by atoms with Crippen LogP contribution in [-0.2, 0) is 0 Å². The average molecular weight is 877 g/mol. The average Bonchev–Trinajstić information content (AvgIpc) is 3.74. The van der Waals surface area contributed by atoms with E-state index in [9.17, 15) is 0 Å². The summed E-state index contributed by atoms with van der Waals surface area (Å²) in [6.45, 7) is 0. The van der Waals surface area contributed by atoms with Crippen molar-refractivity contribution in [2.45, 2.75) is 0 Å². The van der Waals surface area contributed by atoms with Gasteiger partial charge in [-0.05, 0) is 83.9 Å². The third kappa shape index (κ3) is 6.27. The molecule has 0 saturated carbocycles. The number of nitrogens with zero attached hydrogens (tertiary/aromatic N) is 4. The van der Waals surface area contributed by atoms with Gasteiger partial charge in [-0.25, -0.2) is 15.0 Å². The summed E-state index contributed by atoms with van der Waals surface area (Å²) in [6.07, 6.45) is 0. The van der Waals surface area contributed by atoms with Gasteiger partial charge in [0.05, 0.1) is 16.7 Å². The normalized spacial score (nSPS) is 11.8. The third-order valence-corrected chi connectivity index (χ3v) is 14.0. The number of benzene rings is 12. The molecule has 0 amide bonds. The first-order valence-electron chi connectivity index (χ1n) is 23.5. The first kappa shape index (κ1) is 39.0. The number of fused-ring (bicyclic) bond motifs is 9. The Morgan fingerprint density at radius 2 is 0.783 bits per heavy atom. The van der Waals surface area contributed by atoms with Crippen LogP contribution in [0.1, 0.15) is 0 Å². The van der Waals surface area contributed by atoms with Gasteiger partial charge in [0.15, 0.2) is 17.5 Å². The topological polar surface area (TPSA) is 43.6 Å². The van der Waals surface area contributed by atoms with E-state index in [1.54, 1.807) is 0 Å². The van der Waals surface area contributed by atoms with Gasteiger partial charge in [0, 0.05) is 44.0 Å². The summed E-state index contributed by atoms with van der Waals surface area (Å²) >= 11 is 0. The minimum atomic E-state index is 0.606. The van der Waals surface area contributed by atoms with Crippen molar-refractivity contribution in [1.82, 2.24) is 19.5 Å². The van der Waals surface area contributed by atoms with Crippen LogP contribution in [0.15, 0.2) is 243 Å². The second-order valence-corrected chi connectivity index (χ2v) is 17.9. The van der Waals surface area contributed by atoms with Gasteiger partial charge in [-0.1, -0.05) is 218 Å². The quantitative estimate of drug-likeness (QED) is 0.167. The zero-order chi connectivity index (χ0) is 45.4. The summed E-state index contributed by atoms with van der Waals surface area (Å²) in [4.78, 5) is 16.6. The summed E-state index contributed by atoms with van der Waals surface area (Å²) < 4.78 is 2.54. The Balaban J connectivity index is 1.18. The number of hydrogen-bond donors (Lipinski definition) is 0. The summed E-state index contributed by atoms with van der Waals surface area (Å²) in [6, 6.07) is 87.3. The van der Waals surface area contributed by atoms with E-state index in [2.05, 4.69) is 247 Å². The molecule has 69 heavy (non-hydrogen) atoms. The van der Waals surface area contributed by atoms with E-state index in [-0.39, 0.29) is 0 Å². The monoisotopic (exact) mass is 876 g/mol. The van der Waals surface area contributed by atoms with E-state index in [1.165, 1.54) is 32.3 Å². The maximum Gasteiger partial charge on any atom is 0.165 e. The molecule has 0 N–H and O–H groups in total. The van der Waals surface area contributed by atoms with Crippen molar-refractivity contribution in [3.63, 3.8) is 0 Å². The number of hydrogen-bond acceptors (Lipinski definition) is 3. The van der Waals surface area contributed by atoms with Crippen LogP contribution in [0.3, 0.4) is 0 Å². The highest BCUT2D eigenvalue weighted by Gasteiger charge is 2.29. The lowest BCUT2D eigenvalue weighted by atomic mass is 9.84. The molecule has 0 bridgehead atoms. The van der Waals surface area contributed by atoms with E-state index in [4.69, 9.17) is 15.0 Å². The Labute approximate surface area is 398 Å². The molecule has 14 aromatic rings. The van der Waals surface area contributed by atoms with Crippen molar-refractivity contribution >= 4 is 75.7 Å². The lowest BCUT2D eigenvalue weighted by Gasteiger charge is -2.25. The Morgan fingerprint density at radius 3 is 1.52 bits per heavy atom. The molecule has 2 aromatic heterocycles. The first-order valence-corrected chi connectivity index (χ1v) is 23.5. The van der Waals surface area contributed by atoms with Gasteiger partial charge in [-0.15, -0.1) is 0 Å². The van der Waals surface area contributed by atoms with E-state index in [0.717, 1.165) is 88.0 Å². The fourth-order valence-corrected chi connectivity index (χ4v) is 10.9. The molecule has 4 heteroatoms. The Hall–Kier alpha value is -9.25. The largest absolute Gasteiger partial charge is 0.308 e. The molecule has 0 saturated heterocycles. The van der Waals surface area contributed by atoms with E-state index in [0.29, 0.717) is 17.5 Å². The fraction of sp³-hybridized carbons (Fsp3) is 0. The molecule has 0 aliphatic carbocycles. The number of rotatable bonds is 6. The SMILES string of the molecule is c1ccc(-c2c(-c3ccccc3)c(-n3c4cc5ccccc5cc4c4c5ccccc5ccc43)c3ccccc3c2-c2nc(-c3ccc4ccccc4c3)nc(-c3cccc4ccccc34)n2)cc1. The molecule has 320 valence electrons. The van der Waals surface area contributed by atoms with Crippen LogP contribution in [-0.4, -0.2) is 19.5 Å². The number of aromatic nitrogens is 4. The summed E-state index contributed by atoms with van der Waals surface area (Å²) in [5.74, 6) is 1.84. The smallest absolute Gasteiger partial charge is 0.165 e. The highest BCUT2D eigenvalue weighted by Crippen LogP contribution is 2.51. The molecule has 0 radical (unpaired) electrons. The summed E-state index contributed by atoms with van der Waals surface area (Å²) in [7, 11) is 0. The van der Waals surface area contributed by atoms with E-state index in [1.807, 2.05) is 0 Å². The van der Waals surface area contributed by atoms with Crippen molar-refractivity contribution in [2.75, 3.05) is 0 Å². The second kappa shape index (κ2) is 15.7. The molecule has 4 nitrogen and oxygen atoms in total. The van der Waals surface area contributed by atoms with Crippen molar-refractivity contribution in [2.24, 2.45) is 0 Å². The molecule has 0 aliphatic rings. The molecule has 0 unspecified atom stereocenters. The van der Waals surface area contributed by atoms with Crippen molar-refractivity contribution in [3.8, 4) is 62.1 Å². The van der Waals surface area contributed by atoms with Crippen molar-refractivity contribution in [3.05, 3.63) is 243 Å². The Kier molecular flexibility index (Phi) is 8.86. The predicted molar refractivity (Wildman–Crippen MR) is 289 cm³/mol. The zero-order valence-corrected chi connectivity index (χ0v) is 37.4. The van der Waals surface area contributed by atoms with Crippen LogP contribution in [0.2, 0.25) is 0 Å². The minimum Gasteiger partial charge on any atom is -0.308 e. The molecular formula is C65H40N4. The molecule has 0 fully saturated rings. The highest BCUT2D eigenvalue weighted by atomic mass is 15.0. The standard InChI is InChI=1S/C65H40N4/c1-3-21-44(22-4-1)58-59(45-23-5-2-6-24-45)62(69-56-37-36-43-20-12-14-30-51(43)60(56)55-39-47-26-9-10-27-48(47)40-57(55)69)53-32-16-15-31-52(53)61(58)65-67-63(49-35-34-41-18-7-8-25-46(41)38-49)66-64(68-65)54-33-17-28-42-19-11-13-29-50(42)54/h1-40H. The molecule has 0 spiro atoms. The Morgan fingerprint density at radius 1 is 0.261 bits per heavy atom. The van der Waals surface area contributed by atoms with Gasteiger partial charge >= 0.3 is 0 Å². The maximum atomic E-state index is 5.61. The van der Waals surface area contributed by atoms with E-state index < -0.39 is 0 Å². The van der Waals surface area contributed by atoms with Crippen LogP contribution in [0.4, 0.5) is 0 Å². The van der Waals surface area contributed by atoms with Crippen LogP contribution in [0.5, 0.6) is 0 Å². The van der Waals surface area contributed by atoms with Crippen LogP contribution in [0, 0.1) is 0 Å². The highest BCUT2D eigenvalue weighted by molar-refractivity contribution is 6.25. The first-order chi connectivity index (χ1) is 34.2. The second-order valence-electron chi connectivity index (χ2n) is 17.9. The van der Waals surface area contributed by atoms with Crippen LogP contribution >= 0.6 is 0 Å². The molecule has 2 heterocycles. The van der Waals surface area contributed by atoms with Gasteiger partial charge < -0.3 is 4.57 Å².